The Kier molecular flexibility index (Phi) is 3.32. The van der Waals surface area contributed by atoms with Crippen LogP contribution in [0.1, 0.15) is 10.4 Å². The molecule has 0 aliphatic rings. The van der Waals surface area contributed by atoms with E-state index in [1.54, 1.807) is 0 Å². The van der Waals surface area contributed by atoms with Gasteiger partial charge >= 0.3 is 13.6 Å². The maximum atomic E-state index is 11.0. The van der Waals surface area contributed by atoms with Crippen LogP contribution in [0, 0.1) is 0 Å². The number of hydrogen-bond donors (Lipinski definition) is 5. The molecule has 1 rings (SSSR count). The number of carboxylic acids is 1. The molecular formula is C7H8NO7P. The summed E-state index contributed by atoms with van der Waals surface area (Å²) in [7, 11) is -4.80. The molecule has 1 aromatic carbocycles. The van der Waals surface area contributed by atoms with Crippen LogP contribution in [-0.2, 0) is 4.57 Å². The van der Waals surface area contributed by atoms with Gasteiger partial charge in [-0.25, -0.2) is 4.79 Å². The molecule has 0 heterocycles. The lowest BCUT2D eigenvalue weighted by Gasteiger charge is -2.16. The summed E-state index contributed by atoms with van der Waals surface area (Å²) in [4.78, 5) is 28.5. The molecular weight excluding hydrogens is 241 g/mol. The van der Waals surface area contributed by atoms with Crippen molar-refractivity contribution in [3.8, 4) is 0 Å². The van der Waals surface area contributed by atoms with E-state index in [9.17, 15) is 9.36 Å². The second-order valence-electron chi connectivity index (χ2n) is 2.81. The van der Waals surface area contributed by atoms with Crippen molar-refractivity contribution in [2.45, 2.75) is 0 Å². The van der Waals surface area contributed by atoms with E-state index in [2.05, 4.69) is 0 Å². The van der Waals surface area contributed by atoms with Crippen LogP contribution in [0.25, 0.3) is 0 Å². The number of rotatable bonds is 3. The van der Waals surface area contributed by atoms with E-state index in [0.29, 0.717) is 0 Å². The highest BCUT2D eigenvalue weighted by Crippen LogP contribution is 2.38. The Hall–Kier alpha value is -1.44. The maximum Gasteiger partial charge on any atom is 0.358 e. The topological polar surface area (TPSA) is 139 Å². The Bertz CT molecular complexity index is 466. The molecule has 16 heavy (non-hydrogen) atoms. The molecule has 0 saturated carbocycles. The number of para-hydroxylation sites is 1. The third kappa shape index (κ3) is 2.38. The molecule has 0 aromatic heterocycles. The third-order valence-corrected chi connectivity index (χ3v) is 2.75. The Balaban J connectivity index is 3.58. The lowest BCUT2D eigenvalue weighted by molar-refractivity contribution is 0.0281. The molecule has 5 N–H and O–H groups in total. The second kappa shape index (κ2) is 4.20. The van der Waals surface area contributed by atoms with Crippen LogP contribution >= 0.6 is 7.60 Å². The molecule has 0 aliphatic carbocycles. The summed E-state index contributed by atoms with van der Waals surface area (Å²) in [6, 6.07) is 2.98. The molecule has 0 bridgehead atoms. The normalized spacial score (nSPS) is 11.2. The van der Waals surface area contributed by atoms with Gasteiger partial charge in [-0.15, -0.1) is 5.23 Å². The van der Waals surface area contributed by atoms with Gasteiger partial charge < -0.3 is 14.9 Å². The first kappa shape index (κ1) is 12.6. The molecule has 0 aliphatic heterocycles. The Morgan fingerprint density at radius 3 is 2.19 bits per heavy atom. The summed E-state index contributed by atoms with van der Waals surface area (Å²) in [5.41, 5.74) is -1.49. The van der Waals surface area contributed by atoms with Crippen molar-refractivity contribution in [3.05, 3.63) is 23.8 Å². The molecule has 0 saturated heterocycles. The van der Waals surface area contributed by atoms with Crippen molar-refractivity contribution >= 4 is 24.6 Å². The molecule has 0 atom stereocenters. The van der Waals surface area contributed by atoms with Gasteiger partial charge in [0.25, 0.3) is 0 Å². The predicted octanol–water partition coefficient (Wildman–Crippen LogP) is -0.227. The Morgan fingerprint density at radius 1 is 1.25 bits per heavy atom. The van der Waals surface area contributed by atoms with E-state index in [-0.39, 0.29) is 0 Å². The van der Waals surface area contributed by atoms with E-state index in [1.807, 2.05) is 0 Å². The van der Waals surface area contributed by atoms with Crippen molar-refractivity contribution in [3.63, 3.8) is 0 Å². The van der Waals surface area contributed by atoms with Gasteiger partial charge in [0.2, 0.25) is 0 Å². The van der Waals surface area contributed by atoms with Crippen LogP contribution in [0.15, 0.2) is 18.2 Å². The van der Waals surface area contributed by atoms with Crippen LogP contribution in [-0.4, -0.2) is 31.3 Å². The first-order chi connectivity index (χ1) is 7.25. The van der Waals surface area contributed by atoms with Crippen molar-refractivity contribution in [2.24, 2.45) is 0 Å². The van der Waals surface area contributed by atoms with E-state index >= 15 is 0 Å². The van der Waals surface area contributed by atoms with Gasteiger partial charge in [0.05, 0.1) is 10.9 Å². The minimum Gasteiger partial charge on any atom is -0.478 e. The molecule has 0 spiro atoms. The van der Waals surface area contributed by atoms with Crippen molar-refractivity contribution < 1.29 is 34.7 Å². The van der Waals surface area contributed by atoms with E-state index in [4.69, 9.17) is 25.3 Å². The minimum absolute atomic E-state index is 0.627. The van der Waals surface area contributed by atoms with Crippen LogP contribution in [0.4, 0.5) is 5.69 Å². The van der Waals surface area contributed by atoms with Gasteiger partial charge in [-0.3, -0.25) is 15.0 Å². The van der Waals surface area contributed by atoms with Crippen molar-refractivity contribution in [1.29, 1.82) is 0 Å². The molecule has 9 heteroatoms. The van der Waals surface area contributed by atoms with Crippen molar-refractivity contribution in [2.75, 3.05) is 5.23 Å². The van der Waals surface area contributed by atoms with Gasteiger partial charge in [0.1, 0.15) is 5.69 Å². The molecule has 0 unspecified atom stereocenters. The quantitative estimate of drug-likeness (QED) is 0.365. The average Bonchev–Trinajstić information content (AvgIpc) is 2.14. The number of aromatic carboxylic acids is 1. The summed E-state index contributed by atoms with van der Waals surface area (Å²) in [5, 5.41) is 24.9. The van der Waals surface area contributed by atoms with Crippen molar-refractivity contribution in [1.82, 2.24) is 0 Å². The lowest BCUT2D eigenvalue weighted by Crippen LogP contribution is -2.24. The molecule has 0 amide bonds. The molecule has 88 valence electrons. The Labute approximate surface area is 89.1 Å². The lowest BCUT2D eigenvalue weighted by atomic mass is 10.2. The molecule has 0 fully saturated rings. The van der Waals surface area contributed by atoms with E-state index in [1.165, 1.54) is 0 Å². The SMILES string of the molecule is O=C(O)c1cccc(P(=O)(O)O)c1N(O)O. The zero-order chi connectivity index (χ0) is 12.5. The highest BCUT2D eigenvalue weighted by Gasteiger charge is 2.28. The first-order valence-electron chi connectivity index (χ1n) is 3.85. The fourth-order valence-corrected chi connectivity index (χ4v) is 1.92. The fraction of sp³-hybridized carbons (Fsp3) is 0. The average molecular weight is 249 g/mol. The fourth-order valence-electron chi connectivity index (χ4n) is 1.15. The zero-order valence-electron chi connectivity index (χ0n) is 7.68. The van der Waals surface area contributed by atoms with Crippen LogP contribution in [0.5, 0.6) is 0 Å². The zero-order valence-corrected chi connectivity index (χ0v) is 8.57. The summed E-state index contributed by atoms with van der Waals surface area (Å²) in [5.74, 6) is -1.54. The van der Waals surface area contributed by atoms with Gasteiger partial charge in [0.15, 0.2) is 0 Å². The third-order valence-electron chi connectivity index (χ3n) is 1.76. The monoisotopic (exact) mass is 249 g/mol. The van der Waals surface area contributed by atoms with Gasteiger partial charge in [-0.05, 0) is 12.1 Å². The number of hydrogen-bond acceptors (Lipinski definition) is 5. The molecule has 0 radical (unpaired) electrons. The van der Waals surface area contributed by atoms with Gasteiger partial charge in [-0.2, -0.15) is 0 Å². The number of anilines is 1. The van der Waals surface area contributed by atoms with E-state index in [0.717, 1.165) is 18.2 Å². The number of carboxylic acid groups (broad SMARTS) is 1. The van der Waals surface area contributed by atoms with Crippen LogP contribution in [0.3, 0.4) is 0 Å². The molecule has 8 nitrogen and oxygen atoms in total. The second-order valence-corrected chi connectivity index (χ2v) is 4.38. The standard InChI is InChI=1S/C7H8NO7P/c9-7(10)4-2-1-3-5(16(13,14)15)6(4)8(11)12/h1-3,11-12H,(H,9,10)(H2,13,14,15). The predicted molar refractivity (Wildman–Crippen MR) is 51.1 cm³/mol. The number of benzene rings is 1. The summed E-state index contributed by atoms with van der Waals surface area (Å²) in [6.07, 6.45) is 0. The van der Waals surface area contributed by atoms with Gasteiger partial charge in [-0.1, -0.05) is 6.07 Å². The minimum atomic E-state index is -4.80. The maximum absolute atomic E-state index is 11.0. The summed E-state index contributed by atoms with van der Waals surface area (Å²) >= 11 is 0. The summed E-state index contributed by atoms with van der Waals surface area (Å²) in [6.45, 7) is 0. The number of nitrogens with zero attached hydrogens (tertiary/aromatic N) is 1. The molecule has 1 aromatic rings. The van der Waals surface area contributed by atoms with Crippen LogP contribution in [0.2, 0.25) is 0 Å². The summed E-state index contributed by atoms with van der Waals surface area (Å²) < 4.78 is 11.0. The van der Waals surface area contributed by atoms with Crippen LogP contribution < -0.4 is 10.5 Å². The van der Waals surface area contributed by atoms with E-state index < -0.39 is 35.3 Å². The first-order valence-corrected chi connectivity index (χ1v) is 5.46. The smallest absolute Gasteiger partial charge is 0.358 e. The number of carbonyl (C=O) groups is 1. The highest BCUT2D eigenvalue weighted by atomic mass is 31.2. The van der Waals surface area contributed by atoms with Gasteiger partial charge in [0, 0.05) is 0 Å². The Morgan fingerprint density at radius 2 is 1.81 bits per heavy atom. The highest BCUT2D eigenvalue weighted by molar-refractivity contribution is 7.60. The largest absolute Gasteiger partial charge is 0.478 e.